The number of nitrogens with zero attached hydrogens (tertiary/aromatic N) is 1. The van der Waals surface area contributed by atoms with Crippen LogP contribution in [0.25, 0.3) is 0 Å². The first kappa shape index (κ1) is 38.9. The zero-order chi connectivity index (χ0) is 39.2. The molecule has 0 saturated carbocycles. The van der Waals surface area contributed by atoms with Crippen LogP contribution in [0.15, 0.2) is 24.0 Å². The predicted molar refractivity (Wildman–Crippen MR) is 167 cm³/mol. The van der Waals surface area contributed by atoms with E-state index < -0.39 is 102 Å². The normalized spacial score (nSPS) is 26.5. The van der Waals surface area contributed by atoms with Crippen molar-refractivity contribution in [2.45, 2.75) is 92.7 Å². The summed E-state index contributed by atoms with van der Waals surface area (Å²) in [5.74, 6) is -11.2. The molecule has 2 aliphatic heterocycles. The Balaban J connectivity index is 1.38. The molecule has 2 aliphatic carbocycles. The second-order valence-corrected chi connectivity index (χ2v) is 13.1. The zero-order valence-electron chi connectivity index (χ0n) is 28.5. The van der Waals surface area contributed by atoms with Crippen LogP contribution in [0, 0.1) is 0 Å². The lowest BCUT2D eigenvalue weighted by Crippen LogP contribution is -2.74. The van der Waals surface area contributed by atoms with Crippen LogP contribution in [-0.4, -0.2) is 146 Å². The van der Waals surface area contributed by atoms with Crippen LogP contribution in [-0.2, 0) is 64.3 Å². The number of carboxylic acid groups (broad SMARTS) is 3. The fourth-order valence-corrected chi connectivity index (χ4v) is 7.43. The molecular formula is C33H37NO19. The molecule has 0 amide bonds. The molecule has 0 radical (unpaired) electrons. The maximum atomic E-state index is 13.5. The number of hydrogen-bond donors (Lipinski definition) is 6. The van der Waals surface area contributed by atoms with Gasteiger partial charge in [-0.25, -0.2) is 24.0 Å². The summed E-state index contributed by atoms with van der Waals surface area (Å²) in [7, 11) is 3.33. The number of aliphatic carboxylic acids is 3. The Bertz CT molecular complexity index is 1760. The molecule has 6 N–H and O–H groups in total. The molecule has 1 saturated heterocycles. The van der Waals surface area contributed by atoms with Gasteiger partial charge in [0.15, 0.2) is 35.9 Å². The van der Waals surface area contributed by atoms with Crippen molar-refractivity contribution < 1.29 is 92.6 Å². The van der Waals surface area contributed by atoms with Gasteiger partial charge in [0, 0.05) is 18.0 Å². The van der Waals surface area contributed by atoms with Crippen molar-refractivity contribution in [3.63, 3.8) is 0 Å². The van der Waals surface area contributed by atoms with Gasteiger partial charge in [0.05, 0.1) is 31.0 Å². The molecule has 1 spiro atoms. The highest BCUT2D eigenvalue weighted by molar-refractivity contribution is 5.90. The fraction of sp³-hybridized carbons (Fsp3) is 0.545. The number of carboxylic acids is 3. The smallest absolute Gasteiger partial charge is 0.348 e. The highest BCUT2D eigenvalue weighted by Crippen LogP contribution is 2.65. The Morgan fingerprint density at radius 3 is 2.23 bits per heavy atom. The van der Waals surface area contributed by atoms with Crippen LogP contribution in [0.1, 0.15) is 43.7 Å². The fourth-order valence-electron chi connectivity index (χ4n) is 7.43. The number of ether oxygens (including phenoxy) is 6. The Morgan fingerprint density at radius 2 is 1.60 bits per heavy atom. The molecular weight excluding hydrogens is 714 g/mol. The van der Waals surface area contributed by atoms with Gasteiger partial charge in [-0.15, -0.1) is 0 Å². The van der Waals surface area contributed by atoms with E-state index in [1.807, 2.05) is 18.0 Å². The summed E-state index contributed by atoms with van der Waals surface area (Å²) in [5, 5.41) is 58.9. The van der Waals surface area contributed by atoms with E-state index >= 15 is 0 Å². The first-order chi connectivity index (χ1) is 24.9. The minimum Gasteiger partial charge on any atom is -0.493 e. The number of esters is 4. The molecule has 1 aromatic rings. The van der Waals surface area contributed by atoms with Gasteiger partial charge in [-0.3, -0.25) is 9.59 Å². The maximum absolute atomic E-state index is 13.5. The lowest BCUT2D eigenvalue weighted by atomic mass is 9.50. The molecule has 20 heteroatoms. The van der Waals surface area contributed by atoms with E-state index in [0.717, 1.165) is 12.5 Å². The molecule has 53 heavy (non-hydrogen) atoms. The van der Waals surface area contributed by atoms with E-state index in [0.29, 0.717) is 36.4 Å². The third kappa shape index (κ3) is 6.85. The van der Waals surface area contributed by atoms with Crippen LogP contribution >= 0.6 is 0 Å². The van der Waals surface area contributed by atoms with Gasteiger partial charge in [-0.1, -0.05) is 6.07 Å². The van der Waals surface area contributed by atoms with Crippen LogP contribution in [0.2, 0.25) is 0 Å². The molecule has 0 aromatic heterocycles. The number of methoxy groups -OCH3 is 1. The van der Waals surface area contributed by atoms with Gasteiger partial charge in [0.1, 0.15) is 5.76 Å². The van der Waals surface area contributed by atoms with Crippen molar-refractivity contribution in [1.82, 2.24) is 4.90 Å². The van der Waals surface area contributed by atoms with E-state index in [-0.39, 0.29) is 18.2 Å². The number of carbonyl (C=O) groups is 7. The monoisotopic (exact) mass is 751 g/mol. The average molecular weight is 752 g/mol. The van der Waals surface area contributed by atoms with Crippen molar-refractivity contribution in [2.75, 3.05) is 20.7 Å². The molecule has 20 nitrogen and oxygen atoms in total. The van der Waals surface area contributed by atoms with E-state index in [1.54, 1.807) is 6.07 Å². The van der Waals surface area contributed by atoms with Gasteiger partial charge < -0.3 is 64.0 Å². The standard InChI is InChI=1S/C33H37NO19/c1-13(29(44)51-17(27(40)41)11-20(35)36)49-30(45)18(52-31(46)24(39)23(38)28(42)43)12-21(37)50-16-6-7-33(47)19-10-14-4-5-15(48-3)25-22(14)32(33,26(16)53-25)8-9-34(19)2/h4-6,13,17-19,23-24,26,38-39,47H,7-12H2,1-3H3,(H,35,36)(H,40,41)(H,42,43)/t13-,17-,18-,19-,23+,24+,26-,32-,33+/m0/s1. The van der Waals surface area contributed by atoms with Gasteiger partial charge >= 0.3 is 41.8 Å². The quantitative estimate of drug-likeness (QED) is 0.0836. The topological polar surface area (TPSA) is 299 Å². The van der Waals surface area contributed by atoms with E-state index in [1.165, 1.54) is 13.2 Å². The molecule has 0 unspecified atom stereocenters. The molecule has 4 aliphatic rings. The Labute approximate surface area is 299 Å². The molecule has 5 rings (SSSR count). The lowest BCUT2D eigenvalue weighted by Gasteiger charge is -2.61. The number of hydrogen-bond acceptors (Lipinski definition) is 17. The third-order valence-electron chi connectivity index (χ3n) is 9.98. The Kier molecular flexibility index (Phi) is 10.7. The number of benzene rings is 1. The predicted octanol–water partition coefficient (Wildman–Crippen LogP) is -1.97. The van der Waals surface area contributed by atoms with E-state index in [9.17, 15) is 48.9 Å². The summed E-state index contributed by atoms with van der Waals surface area (Å²) in [5.41, 5.74) is -0.855. The summed E-state index contributed by atoms with van der Waals surface area (Å²) in [6.45, 7) is 1.42. The summed E-state index contributed by atoms with van der Waals surface area (Å²) >= 11 is 0. The van der Waals surface area contributed by atoms with Gasteiger partial charge in [-0.05, 0) is 51.1 Å². The minimum atomic E-state index is -2.76. The van der Waals surface area contributed by atoms with Crippen molar-refractivity contribution in [1.29, 1.82) is 0 Å². The van der Waals surface area contributed by atoms with Crippen molar-refractivity contribution >= 4 is 41.8 Å². The Hall–Kier alpha value is -5.31. The first-order valence-corrected chi connectivity index (χ1v) is 16.2. The van der Waals surface area contributed by atoms with E-state index in [2.05, 4.69) is 4.74 Å². The number of piperidine rings is 1. The van der Waals surface area contributed by atoms with Crippen LogP contribution in [0.5, 0.6) is 11.5 Å². The summed E-state index contributed by atoms with van der Waals surface area (Å²) in [4.78, 5) is 87.1. The highest BCUT2D eigenvalue weighted by Gasteiger charge is 2.72. The zero-order valence-corrected chi connectivity index (χ0v) is 28.5. The molecule has 2 bridgehead atoms. The van der Waals surface area contributed by atoms with Crippen molar-refractivity contribution in [3.8, 4) is 11.5 Å². The first-order valence-electron chi connectivity index (χ1n) is 16.2. The number of rotatable bonds is 15. The van der Waals surface area contributed by atoms with Crippen LogP contribution < -0.4 is 9.47 Å². The highest BCUT2D eigenvalue weighted by atomic mass is 16.6. The number of aliphatic hydroxyl groups excluding tert-OH is 2. The second-order valence-electron chi connectivity index (χ2n) is 13.1. The Morgan fingerprint density at radius 1 is 0.925 bits per heavy atom. The number of likely N-dealkylation sites (N-methyl/N-ethyl adjacent to an activating group) is 1. The average Bonchev–Trinajstić information content (AvgIpc) is 3.45. The third-order valence-corrected chi connectivity index (χ3v) is 9.98. The SMILES string of the molecule is COc1ccc2c3c1O[C@H]1C(OC(=O)C[C@H](OC(=O)[C@H](O)[C@@H](O)C(=O)O)C(=O)O[C@@H](C)C(=O)O[C@@H](CC(=O)O)C(=O)O)=CC[C@@]4(O)[C@H](C2)N(C)CC[C@]314. The number of carbonyl (C=O) groups excluding carboxylic acids is 4. The van der Waals surface area contributed by atoms with E-state index in [4.69, 9.17) is 39.0 Å². The minimum absolute atomic E-state index is 0.0130. The summed E-state index contributed by atoms with van der Waals surface area (Å²) in [6, 6.07) is 3.27. The van der Waals surface area contributed by atoms with Gasteiger partial charge in [0.25, 0.3) is 0 Å². The van der Waals surface area contributed by atoms with Crippen LogP contribution in [0.3, 0.4) is 0 Å². The van der Waals surface area contributed by atoms with Gasteiger partial charge in [0.2, 0.25) is 12.2 Å². The number of likely N-dealkylation sites (tertiary alicyclic amines) is 1. The molecule has 288 valence electrons. The summed E-state index contributed by atoms with van der Waals surface area (Å²) < 4.78 is 31.9. The van der Waals surface area contributed by atoms with Gasteiger partial charge in [-0.2, -0.15) is 0 Å². The van der Waals surface area contributed by atoms with Crippen molar-refractivity contribution in [3.05, 3.63) is 35.1 Å². The number of aliphatic hydroxyl groups is 3. The molecule has 2 heterocycles. The lowest BCUT2D eigenvalue weighted by molar-refractivity contribution is -0.189. The van der Waals surface area contributed by atoms with Crippen molar-refractivity contribution in [2.24, 2.45) is 0 Å². The molecule has 1 fully saturated rings. The second kappa shape index (κ2) is 14.6. The molecule has 1 aromatic carbocycles. The molecule has 9 atom stereocenters. The maximum Gasteiger partial charge on any atom is 0.348 e. The van der Waals surface area contributed by atoms with Crippen LogP contribution in [0.4, 0.5) is 0 Å². The summed E-state index contributed by atoms with van der Waals surface area (Å²) in [6.07, 6.45) is -13.1. The largest absolute Gasteiger partial charge is 0.493 e.